The third-order valence-electron chi connectivity index (χ3n) is 6.61. The largest absolute Gasteiger partial charge is 0.447 e. The van der Waals surface area contributed by atoms with E-state index in [0.29, 0.717) is 17.5 Å². The minimum Gasteiger partial charge on any atom is -0.447 e. The summed E-state index contributed by atoms with van der Waals surface area (Å²) in [5.41, 5.74) is 2.99. The average Bonchev–Trinajstić information content (AvgIpc) is 3.18. The quantitative estimate of drug-likeness (QED) is 0.527. The zero-order valence-electron chi connectivity index (χ0n) is 16.7. The monoisotopic (exact) mass is 405 g/mol. The summed E-state index contributed by atoms with van der Waals surface area (Å²) in [6.45, 7) is 2.20. The fourth-order valence-corrected chi connectivity index (χ4v) is 4.96. The molecule has 0 unspecified atom stereocenters. The van der Waals surface area contributed by atoms with Crippen molar-refractivity contribution in [3.63, 3.8) is 0 Å². The van der Waals surface area contributed by atoms with E-state index in [4.69, 9.17) is 4.42 Å². The molecule has 3 atom stereocenters. The molecule has 2 N–H and O–H groups in total. The van der Waals surface area contributed by atoms with Gasteiger partial charge in [-0.3, -0.25) is 9.20 Å². The summed E-state index contributed by atoms with van der Waals surface area (Å²) < 4.78 is 7.57. The molecule has 0 aliphatic heterocycles. The van der Waals surface area contributed by atoms with Crippen LogP contribution < -0.4 is 5.32 Å². The van der Waals surface area contributed by atoms with Crippen molar-refractivity contribution in [2.75, 3.05) is 0 Å². The Bertz CT molecular complexity index is 1230. The van der Waals surface area contributed by atoms with Crippen LogP contribution in [0.2, 0.25) is 0 Å². The molecule has 30 heavy (non-hydrogen) atoms. The number of hydrogen-bond donors (Lipinski definition) is 2. The maximum absolute atomic E-state index is 12.9. The molecule has 6 rings (SSSR count). The Morgan fingerprint density at radius 3 is 3.03 bits per heavy atom. The number of H-pyrrole nitrogens is 1. The van der Waals surface area contributed by atoms with Crippen LogP contribution >= 0.6 is 0 Å². The first-order valence-corrected chi connectivity index (χ1v) is 10.6. The normalized spacial score (nSPS) is 24.1. The smallest absolute Gasteiger partial charge is 0.273 e. The van der Waals surface area contributed by atoms with Gasteiger partial charge in [-0.15, -0.1) is 10.2 Å². The number of nitrogens with one attached hydrogen (secondary N) is 2. The first-order valence-electron chi connectivity index (χ1n) is 10.6. The van der Waals surface area contributed by atoms with Gasteiger partial charge in [0.1, 0.15) is 11.6 Å². The zero-order chi connectivity index (χ0) is 20.2. The van der Waals surface area contributed by atoms with Crippen molar-refractivity contribution in [3.8, 4) is 0 Å². The third kappa shape index (κ3) is 2.72. The van der Waals surface area contributed by atoms with Gasteiger partial charge in [-0.2, -0.15) is 0 Å². The van der Waals surface area contributed by atoms with E-state index in [-0.39, 0.29) is 17.9 Å². The fraction of sp³-hybridized carbons (Fsp3) is 0.476. The summed E-state index contributed by atoms with van der Waals surface area (Å²) in [5.74, 6) is 2.55. The van der Waals surface area contributed by atoms with Crippen LogP contribution in [0.15, 0.2) is 29.3 Å². The van der Waals surface area contributed by atoms with E-state index in [1.54, 1.807) is 6.20 Å². The molecular formula is C21H23N7O2. The molecule has 9 heteroatoms. The number of oxazole rings is 1. The van der Waals surface area contributed by atoms with E-state index in [1.165, 1.54) is 6.39 Å². The van der Waals surface area contributed by atoms with Gasteiger partial charge in [0.25, 0.3) is 5.91 Å². The predicted molar refractivity (Wildman–Crippen MR) is 108 cm³/mol. The van der Waals surface area contributed by atoms with Gasteiger partial charge in [0.15, 0.2) is 23.4 Å². The molecular weight excluding hydrogens is 382 g/mol. The Hall–Kier alpha value is -3.23. The highest BCUT2D eigenvalue weighted by Gasteiger charge is 2.39. The van der Waals surface area contributed by atoms with Crippen LogP contribution in [0, 0.1) is 5.92 Å². The highest BCUT2D eigenvalue weighted by Crippen LogP contribution is 2.43. The molecule has 2 saturated carbocycles. The van der Waals surface area contributed by atoms with Gasteiger partial charge >= 0.3 is 0 Å². The molecule has 4 heterocycles. The van der Waals surface area contributed by atoms with E-state index < -0.39 is 0 Å². The third-order valence-corrected chi connectivity index (χ3v) is 6.61. The number of carbonyl (C=O) groups is 1. The van der Waals surface area contributed by atoms with Crippen molar-refractivity contribution < 1.29 is 9.21 Å². The van der Waals surface area contributed by atoms with E-state index >= 15 is 0 Å². The number of aromatic amines is 1. The molecule has 1 amide bonds. The van der Waals surface area contributed by atoms with Gasteiger partial charge in [0.05, 0.1) is 11.7 Å². The number of hydrogen-bond acceptors (Lipinski definition) is 6. The fourth-order valence-electron chi connectivity index (χ4n) is 4.96. The van der Waals surface area contributed by atoms with Crippen LogP contribution in [0.4, 0.5) is 0 Å². The second-order valence-corrected chi connectivity index (χ2v) is 8.48. The summed E-state index contributed by atoms with van der Waals surface area (Å²) in [6.07, 6.45) is 9.91. The molecule has 154 valence electrons. The SMILES string of the molecule is CC[C@@H]1C[C@H](NC(=O)c2ncoc2C2CC2)C[C@@H]1c1nnc2cnc3[nH]ccc3n12. The van der Waals surface area contributed by atoms with Crippen molar-refractivity contribution in [2.45, 2.75) is 56.9 Å². The van der Waals surface area contributed by atoms with Crippen LogP contribution in [-0.2, 0) is 0 Å². The second kappa shape index (κ2) is 6.65. The molecule has 0 saturated heterocycles. The van der Waals surface area contributed by atoms with Gasteiger partial charge in [0.2, 0.25) is 0 Å². The van der Waals surface area contributed by atoms with Crippen LogP contribution in [0.25, 0.3) is 16.8 Å². The van der Waals surface area contributed by atoms with Crippen LogP contribution in [-0.4, -0.2) is 41.5 Å². The number of aromatic nitrogens is 6. The molecule has 4 aromatic rings. The summed E-state index contributed by atoms with van der Waals surface area (Å²) in [4.78, 5) is 24.6. The first-order chi connectivity index (χ1) is 14.7. The van der Waals surface area contributed by atoms with E-state index in [2.05, 4.69) is 41.8 Å². The maximum Gasteiger partial charge on any atom is 0.273 e. The maximum atomic E-state index is 12.9. The minimum atomic E-state index is -0.130. The lowest BCUT2D eigenvalue weighted by atomic mass is 9.93. The highest BCUT2D eigenvalue weighted by atomic mass is 16.3. The van der Waals surface area contributed by atoms with Crippen molar-refractivity contribution in [2.24, 2.45) is 5.92 Å². The molecule has 0 radical (unpaired) electrons. The van der Waals surface area contributed by atoms with Crippen molar-refractivity contribution in [1.29, 1.82) is 0 Å². The Labute approximate surface area is 172 Å². The Kier molecular flexibility index (Phi) is 3.90. The van der Waals surface area contributed by atoms with Crippen LogP contribution in [0.3, 0.4) is 0 Å². The van der Waals surface area contributed by atoms with Gasteiger partial charge in [-0.1, -0.05) is 13.3 Å². The summed E-state index contributed by atoms with van der Waals surface area (Å²) >= 11 is 0. The summed E-state index contributed by atoms with van der Waals surface area (Å²) in [5, 5.41) is 12.1. The lowest BCUT2D eigenvalue weighted by molar-refractivity contribution is 0.0930. The molecule has 2 fully saturated rings. The van der Waals surface area contributed by atoms with Gasteiger partial charge in [0, 0.05) is 24.1 Å². The molecule has 2 aliphatic carbocycles. The van der Waals surface area contributed by atoms with E-state index in [1.807, 2.05) is 12.3 Å². The highest BCUT2D eigenvalue weighted by molar-refractivity contribution is 5.93. The molecule has 2 aliphatic rings. The van der Waals surface area contributed by atoms with E-state index in [0.717, 1.165) is 60.5 Å². The average molecular weight is 405 g/mol. The topological polar surface area (TPSA) is 114 Å². The lowest BCUT2D eigenvalue weighted by Crippen LogP contribution is -2.33. The number of nitrogens with zero attached hydrogens (tertiary/aromatic N) is 5. The number of rotatable bonds is 5. The lowest BCUT2D eigenvalue weighted by Gasteiger charge is -2.15. The Morgan fingerprint density at radius 1 is 1.30 bits per heavy atom. The molecule has 0 bridgehead atoms. The van der Waals surface area contributed by atoms with Crippen LogP contribution in [0.5, 0.6) is 0 Å². The zero-order valence-corrected chi connectivity index (χ0v) is 16.7. The van der Waals surface area contributed by atoms with Crippen molar-refractivity contribution >= 4 is 22.7 Å². The van der Waals surface area contributed by atoms with Gasteiger partial charge in [-0.05, 0) is 37.7 Å². The second-order valence-electron chi connectivity index (χ2n) is 8.48. The van der Waals surface area contributed by atoms with Crippen LogP contribution in [0.1, 0.15) is 72.9 Å². The Balaban J connectivity index is 1.28. The number of carbonyl (C=O) groups excluding carboxylic acids is 1. The van der Waals surface area contributed by atoms with Gasteiger partial charge in [-0.25, -0.2) is 9.97 Å². The number of amides is 1. The van der Waals surface area contributed by atoms with Crippen molar-refractivity contribution in [1.82, 2.24) is 34.9 Å². The molecule has 0 spiro atoms. The van der Waals surface area contributed by atoms with Crippen molar-refractivity contribution in [3.05, 3.63) is 42.1 Å². The standard InChI is InChI=1S/C21H23N7O2/c1-2-11-7-13(25-21(29)17-18(12-3-4-12)30-10-24-17)8-14(11)20-27-26-16-9-23-19-15(28(16)20)5-6-22-19/h5-6,9-14,22H,2-4,7-8H2,1H3,(H,25,29)/t11-,13+,14+/m1/s1. The minimum absolute atomic E-state index is 0.0760. The van der Waals surface area contributed by atoms with E-state index in [9.17, 15) is 4.79 Å². The van der Waals surface area contributed by atoms with Gasteiger partial charge < -0.3 is 14.7 Å². The predicted octanol–water partition coefficient (Wildman–Crippen LogP) is 3.17. The number of fused-ring (bicyclic) bond motifs is 3. The summed E-state index contributed by atoms with van der Waals surface area (Å²) in [7, 11) is 0. The first kappa shape index (κ1) is 17.6. The molecule has 4 aromatic heterocycles. The molecule has 0 aromatic carbocycles. The Morgan fingerprint density at radius 2 is 2.20 bits per heavy atom. The summed E-state index contributed by atoms with van der Waals surface area (Å²) in [6, 6.07) is 2.08. The molecule has 9 nitrogen and oxygen atoms in total.